The van der Waals surface area contributed by atoms with E-state index in [-0.39, 0.29) is 6.79 Å². The van der Waals surface area contributed by atoms with Gasteiger partial charge in [-0.05, 0) is 49.4 Å². The molecule has 1 N–H and O–H groups in total. The number of hydrogen-bond acceptors (Lipinski definition) is 8. The highest BCUT2D eigenvalue weighted by Crippen LogP contribution is 2.32. The zero-order valence-electron chi connectivity index (χ0n) is 15.5. The molecule has 0 saturated heterocycles. The number of oxime groups is 1. The Bertz CT molecular complexity index is 979. The predicted molar refractivity (Wildman–Crippen MR) is 101 cm³/mol. The number of hydrogen-bond donors (Lipinski definition) is 1. The van der Waals surface area contributed by atoms with Crippen LogP contribution < -0.4 is 14.8 Å². The maximum absolute atomic E-state index is 11.8. The van der Waals surface area contributed by atoms with E-state index < -0.39 is 25.1 Å². The molecule has 3 rings (SSSR count). The van der Waals surface area contributed by atoms with Crippen LogP contribution in [-0.2, 0) is 19.2 Å². The third-order valence-corrected chi connectivity index (χ3v) is 3.84. The number of fused-ring (bicyclic) bond motifs is 1. The van der Waals surface area contributed by atoms with E-state index in [0.29, 0.717) is 28.5 Å². The summed E-state index contributed by atoms with van der Waals surface area (Å²) in [5, 5.41) is 15.1. The number of anilines is 1. The molecule has 0 bridgehead atoms. The highest BCUT2D eigenvalue weighted by molar-refractivity contribution is 5.99. The molecule has 9 nitrogen and oxygen atoms in total. The fourth-order valence-electron chi connectivity index (χ4n) is 2.37. The molecule has 9 heteroatoms. The van der Waals surface area contributed by atoms with E-state index in [1.807, 2.05) is 6.07 Å². The first-order valence-electron chi connectivity index (χ1n) is 8.57. The lowest BCUT2D eigenvalue weighted by Crippen LogP contribution is -2.22. The number of carbonyl (C=O) groups is 2. The molecule has 1 amide bonds. The van der Waals surface area contributed by atoms with Gasteiger partial charge < -0.3 is 24.4 Å². The number of carbonyl (C=O) groups excluding carboxylic acids is 2. The van der Waals surface area contributed by atoms with Gasteiger partial charge in [0.2, 0.25) is 13.4 Å². The maximum Gasteiger partial charge on any atom is 0.347 e. The van der Waals surface area contributed by atoms with Crippen molar-refractivity contribution in [2.45, 2.75) is 6.92 Å². The van der Waals surface area contributed by atoms with Gasteiger partial charge in [0.15, 0.2) is 18.1 Å². The molecule has 0 aliphatic carbocycles. The van der Waals surface area contributed by atoms with Crippen molar-refractivity contribution in [1.82, 2.24) is 0 Å². The molecule has 0 unspecified atom stereocenters. The largest absolute Gasteiger partial charge is 0.454 e. The number of benzene rings is 2. The van der Waals surface area contributed by atoms with Gasteiger partial charge in [-0.1, -0.05) is 5.16 Å². The average Bonchev–Trinajstić information content (AvgIpc) is 3.20. The van der Waals surface area contributed by atoms with Crippen LogP contribution >= 0.6 is 0 Å². The molecule has 0 spiro atoms. The normalized spacial score (nSPS) is 12.1. The number of nitrogens with one attached hydrogen (secondary N) is 1. The summed E-state index contributed by atoms with van der Waals surface area (Å²) in [4.78, 5) is 28.5. The van der Waals surface area contributed by atoms with E-state index in [0.717, 1.165) is 5.56 Å². The fraction of sp³-hybridized carbons (Fsp3) is 0.200. The minimum absolute atomic E-state index is 0.177. The third kappa shape index (κ3) is 5.46. The van der Waals surface area contributed by atoms with E-state index in [1.54, 1.807) is 49.4 Å². The van der Waals surface area contributed by atoms with Gasteiger partial charge in [0.1, 0.15) is 0 Å². The summed E-state index contributed by atoms with van der Waals surface area (Å²) < 4.78 is 15.4. The molecule has 0 atom stereocenters. The Morgan fingerprint density at radius 1 is 1.14 bits per heavy atom. The fourth-order valence-corrected chi connectivity index (χ4v) is 2.37. The van der Waals surface area contributed by atoms with Crippen LogP contribution in [0.15, 0.2) is 47.6 Å². The van der Waals surface area contributed by atoms with Crippen molar-refractivity contribution in [2.24, 2.45) is 5.16 Å². The topological polar surface area (TPSA) is 119 Å². The first-order chi connectivity index (χ1) is 14.0. The van der Waals surface area contributed by atoms with E-state index >= 15 is 0 Å². The van der Waals surface area contributed by atoms with Crippen molar-refractivity contribution in [3.63, 3.8) is 0 Å². The van der Waals surface area contributed by atoms with Crippen LogP contribution in [0.2, 0.25) is 0 Å². The zero-order chi connectivity index (χ0) is 20.6. The molecule has 2 aromatic carbocycles. The lowest BCUT2D eigenvalue weighted by atomic mass is 10.1. The first-order valence-corrected chi connectivity index (χ1v) is 8.57. The van der Waals surface area contributed by atoms with Crippen LogP contribution in [0.4, 0.5) is 5.69 Å². The molecule has 1 aliphatic heterocycles. The Morgan fingerprint density at radius 3 is 2.66 bits per heavy atom. The van der Waals surface area contributed by atoms with Gasteiger partial charge >= 0.3 is 5.97 Å². The SMILES string of the molecule is C/C(=N\OCC(=O)OCC(=O)Nc1ccc(C#N)cc1)c1ccc2c(c1)OCO2. The predicted octanol–water partition coefficient (Wildman–Crippen LogP) is 2.21. The standard InChI is InChI=1S/C20H17N3O6/c1-13(15-4-7-17-18(8-15)28-12-27-17)23-29-11-20(25)26-10-19(24)22-16-5-2-14(9-21)3-6-16/h2-8H,10-12H2,1H3,(H,22,24)/b23-13+. The molecule has 1 heterocycles. The Kier molecular flexibility index (Phi) is 6.27. The lowest BCUT2D eigenvalue weighted by molar-refractivity contribution is -0.151. The van der Waals surface area contributed by atoms with E-state index in [1.165, 1.54) is 0 Å². The summed E-state index contributed by atoms with van der Waals surface area (Å²) >= 11 is 0. The number of nitrogens with zero attached hydrogens (tertiary/aromatic N) is 2. The molecule has 1 aliphatic rings. The van der Waals surface area contributed by atoms with Gasteiger partial charge in [-0.2, -0.15) is 5.26 Å². The number of rotatable bonds is 7. The Morgan fingerprint density at radius 2 is 1.90 bits per heavy atom. The summed E-state index contributed by atoms with van der Waals surface area (Å²) in [5.74, 6) is 0.0281. The lowest BCUT2D eigenvalue weighted by Gasteiger charge is -2.07. The highest BCUT2D eigenvalue weighted by Gasteiger charge is 2.14. The first kappa shape index (κ1) is 19.7. The Labute approximate surface area is 166 Å². The second-order valence-electron chi connectivity index (χ2n) is 5.92. The van der Waals surface area contributed by atoms with Crippen molar-refractivity contribution >= 4 is 23.3 Å². The molecule has 0 radical (unpaired) electrons. The Balaban J connectivity index is 1.40. The molecule has 2 aromatic rings. The number of nitriles is 1. The van der Waals surface area contributed by atoms with Gasteiger partial charge in [-0.25, -0.2) is 4.79 Å². The molecular formula is C20H17N3O6. The second-order valence-corrected chi connectivity index (χ2v) is 5.92. The summed E-state index contributed by atoms with van der Waals surface area (Å²) in [6.07, 6.45) is 0. The molecule has 148 valence electrons. The number of amides is 1. The minimum atomic E-state index is -0.734. The molecule has 0 saturated carbocycles. The zero-order valence-corrected chi connectivity index (χ0v) is 15.5. The van der Waals surface area contributed by atoms with Crippen LogP contribution in [0.1, 0.15) is 18.1 Å². The molecule has 29 heavy (non-hydrogen) atoms. The van der Waals surface area contributed by atoms with Crippen molar-refractivity contribution in [1.29, 1.82) is 5.26 Å². The number of ether oxygens (including phenoxy) is 3. The Hall–Kier alpha value is -4.06. The van der Waals surface area contributed by atoms with Gasteiger partial charge in [0, 0.05) is 11.3 Å². The van der Waals surface area contributed by atoms with E-state index in [4.69, 9.17) is 24.3 Å². The second kappa shape index (κ2) is 9.23. The van der Waals surface area contributed by atoms with Gasteiger partial charge in [-0.3, -0.25) is 4.79 Å². The summed E-state index contributed by atoms with van der Waals surface area (Å²) in [6.45, 7) is 0.989. The van der Waals surface area contributed by atoms with Crippen molar-refractivity contribution in [3.8, 4) is 17.6 Å². The summed E-state index contributed by atoms with van der Waals surface area (Å²) in [7, 11) is 0. The smallest absolute Gasteiger partial charge is 0.347 e. The van der Waals surface area contributed by atoms with Crippen molar-refractivity contribution in [3.05, 3.63) is 53.6 Å². The molecule has 0 fully saturated rings. The van der Waals surface area contributed by atoms with E-state index in [2.05, 4.69) is 10.5 Å². The highest BCUT2D eigenvalue weighted by atomic mass is 16.7. The molecule has 0 aromatic heterocycles. The monoisotopic (exact) mass is 395 g/mol. The van der Waals surface area contributed by atoms with E-state index in [9.17, 15) is 9.59 Å². The van der Waals surface area contributed by atoms with Crippen LogP contribution in [-0.4, -0.2) is 37.6 Å². The summed E-state index contributed by atoms with van der Waals surface area (Å²) in [5.41, 5.74) is 2.26. The van der Waals surface area contributed by atoms with Gasteiger partial charge in [-0.15, -0.1) is 0 Å². The quantitative estimate of drug-likeness (QED) is 0.434. The van der Waals surface area contributed by atoms with Gasteiger partial charge in [0.25, 0.3) is 5.91 Å². The maximum atomic E-state index is 11.8. The van der Waals surface area contributed by atoms with Crippen LogP contribution in [0.25, 0.3) is 0 Å². The van der Waals surface area contributed by atoms with Crippen molar-refractivity contribution < 1.29 is 28.6 Å². The van der Waals surface area contributed by atoms with Crippen molar-refractivity contribution in [2.75, 3.05) is 25.3 Å². The minimum Gasteiger partial charge on any atom is -0.454 e. The average molecular weight is 395 g/mol. The number of esters is 1. The van der Waals surface area contributed by atoms with Crippen LogP contribution in [0.5, 0.6) is 11.5 Å². The van der Waals surface area contributed by atoms with Crippen LogP contribution in [0, 0.1) is 11.3 Å². The van der Waals surface area contributed by atoms with Crippen LogP contribution in [0.3, 0.4) is 0 Å². The molecular weight excluding hydrogens is 378 g/mol. The summed E-state index contributed by atoms with van der Waals surface area (Å²) in [6, 6.07) is 13.6. The third-order valence-electron chi connectivity index (χ3n) is 3.84. The van der Waals surface area contributed by atoms with Gasteiger partial charge in [0.05, 0.1) is 17.3 Å².